The van der Waals surface area contributed by atoms with Crippen LogP contribution in [0.1, 0.15) is 38.3 Å². The Kier molecular flexibility index (Phi) is 5.76. The van der Waals surface area contributed by atoms with Crippen molar-refractivity contribution in [2.75, 3.05) is 13.7 Å². The second-order valence-electron chi connectivity index (χ2n) is 5.13. The third kappa shape index (κ3) is 4.05. The summed E-state index contributed by atoms with van der Waals surface area (Å²) in [6, 6.07) is 11.1. The first-order valence-electron chi connectivity index (χ1n) is 7.64. The molecule has 1 heterocycles. The number of ether oxygens (including phenoxy) is 1. The molecule has 3 nitrogen and oxygen atoms in total. The monoisotopic (exact) mass is 284 g/mol. The maximum atomic E-state index is 5.66. The van der Waals surface area contributed by atoms with Crippen LogP contribution in [-0.4, -0.2) is 18.6 Å². The highest BCUT2D eigenvalue weighted by molar-refractivity contribution is 5.64. The van der Waals surface area contributed by atoms with Crippen LogP contribution in [0.4, 0.5) is 0 Å². The third-order valence-electron chi connectivity index (χ3n) is 3.57. The molecule has 0 saturated carbocycles. The number of rotatable bonds is 7. The standard InChI is InChI=1S/C18H24N2O/c1-4-9-21-17-11-16(12-20-13-17)14-7-6-8-15(10-14)18(5-2)19-3/h6-8,10-13,18-19H,4-5,9H2,1-3H3. The van der Waals surface area contributed by atoms with Gasteiger partial charge in [-0.15, -0.1) is 0 Å². The molecule has 1 N–H and O–H groups in total. The quantitative estimate of drug-likeness (QED) is 0.827. The molecule has 0 fully saturated rings. The highest BCUT2D eigenvalue weighted by Crippen LogP contribution is 2.26. The predicted molar refractivity (Wildman–Crippen MR) is 87.6 cm³/mol. The van der Waals surface area contributed by atoms with Gasteiger partial charge in [0.1, 0.15) is 5.75 Å². The second-order valence-corrected chi connectivity index (χ2v) is 5.13. The maximum Gasteiger partial charge on any atom is 0.138 e. The van der Waals surface area contributed by atoms with E-state index in [2.05, 4.69) is 54.5 Å². The molecular weight excluding hydrogens is 260 g/mol. The van der Waals surface area contributed by atoms with Gasteiger partial charge in [-0.2, -0.15) is 0 Å². The number of hydrogen-bond donors (Lipinski definition) is 1. The lowest BCUT2D eigenvalue weighted by Crippen LogP contribution is -2.15. The van der Waals surface area contributed by atoms with Crippen LogP contribution in [0.2, 0.25) is 0 Å². The summed E-state index contributed by atoms with van der Waals surface area (Å²) in [6.07, 6.45) is 5.72. The molecule has 0 spiro atoms. The van der Waals surface area contributed by atoms with Gasteiger partial charge < -0.3 is 10.1 Å². The topological polar surface area (TPSA) is 34.1 Å². The number of benzene rings is 1. The second kappa shape index (κ2) is 7.79. The summed E-state index contributed by atoms with van der Waals surface area (Å²) in [5, 5.41) is 3.35. The van der Waals surface area contributed by atoms with Crippen LogP contribution in [0.25, 0.3) is 11.1 Å². The first kappa shape index (κ1) is 15.5. The normalized spacial score (nSPS) is 12.1. The van der Waals surface area contributed by atoms with Crippen LogP contribution in [0.5, 0.6) is 5.75 Å². The van der Waals surface area contributed by atoms with Crippen molar-refractivity contribution in [3.63, 3.8) is 0 Å². The van der Waals surface area contributed by atoms with Gasteiger partial charge in [0.2, 0.25) is 0 Å². The molecule has 21 heavy (non-hydrogen) atoms. The Bertz CT molecular complexity index is 565. The van der Waals surface area contributed by atoms with E-state index in [0.29, 0.717) is 6.04 Å². The van der Waals surface area contributed by atoms with E-state index >= 15 is 0 Å². The lowest BCUT2D eigenvalue weighted by molar-refractivity contribution is 0.316. The Morgan fingerprint density at radius 3 is 2.71 bits per heavy atom. The van der Waals surface area contributed by atoms with Crippen molar-refractivity contribution < 1.29 is 4.74 Å². The van der Waals surface area contributed by atoms with E-state index in [1.54, 1.807) is 6.20 Å². The molecule has 0 amide bonds. The predicted octanol–water partition coefficient (Wildman–Crippen LogP) is 4.21. The molecule has 112 valence electrons. The molecule has 0 saturated heterocycles. The Labute approximate surface area is 127 Å². The fourth-order valence-electron chi connectivity index (χ4n) is 2.42. The zero-order chi connectivity index (χ0) is 15.1. The van der Waals surface area contributed by atoms with Crippen molar-refractivity contribution >= 4 is 0 Å². The summed E-state index contributed by atoms with van der Waals surface area (Å²) in [6.45, 7) is 5.01. The van der Waals surface area contributed by atoms with Gasteiger partial charge in [0.15, 0.2) is 0 Å². The number of nitrogens with one attached hydrogen (secondary N) is 1. The molecule has 1 aromatic carbocycles. The minimum atomic E-state index is 0.387. The molecular formula is C18H24N2O. The zero-order valence-corrected chi connectivity index (χ0v) is 13.1. The van der Waals surface area contributed by atoms with E-state index in [1.165, 1.54) is 11.1 Å². The van der Waals surface area contributed by atoms with Gasteiger partial charge in [0.25, 0.3) is 0 Å². The van der Waals surface area contributed by atoms with Crippen molar-refractivity contribution in [3.8, 4) is 16.9 Å². The average Bonchev–Trinajstić information content (AvgIpc) is 2.55. The summed E-state index contributed by atoms with van der Waals surface area (Å²) in [5.74, 6) is 0.834. The lowest BCUT2D eigenvalue weighted by Gasteiger charge is -2.15. The van der Waals surface area contributed by atoms with E-state index in [1.807, 2.05) is 13.2 Å². The van der Waals surface area contributed by atoms with Crippen LogP contribution in [0.3, 0.4) is 0 Å². The van der Waals surface area contributed by atoms with Gasteiger partial charge in [0.05, 0.1) is 12.8 Å². The molecule has 1 atom stereocenters. The van der Waals surface area contributed by atoms with Crippen LogP contribution < -0.4 is 10.1 Å². The Morgan fingerprint density at radius 1 is 1.14 bits per heavy atom. The van der Waals surface area contributed by atoms with Gasteiger partial charge in [-0.25, -0.2) is 0 Å². The number of aromatic nitrogens is 1. The molecule has 0 aliphatic heterocycles. The van der Waals surface area contributed by atoms with Crippen molar-refractivity contribution in [2.45, 2.75) is 32.7 Å². The summed E-state index contributed by atoms with van der Waals surface area (Å²) >= 11 is 0. The Morgan fingerprint density at radius 2 is 2.00 bits per heavy atom. The van der Waals surface area contributed by atoms with Crippen molar-refractivity contribution in [2.24, 2.45) is 0 Å². The fraction of sp³-hybridized carbons (Fsp3) is 0.389. The summed E-state index contributed by atoms with van der Waals surface area (Å²) in [7, 11) is 2.00. The Hall–Kier alpha value is -1.87. The molecule has 0 aliphatic carbocycles. The maximum absolute atomic E-state index is 5.66. The van der Waals surface area contributed by atoms with E-state index in [4.69, 9.17) is 4.74 Å². The third-order valence-corrected chi connectivity index (χ3v) is 3.57. The average molecular weight is 284 g/mol. The molecule has 3 heteroatoms. The fourth-order valence-corrected chi connectivity index (χ4v) is 2.42. The molecule has 2 rings (SSSR count). The first-order chi connectivity index (χ1) is 10.3. The van der Waals surface area contributed by atoms with Crippen molar-refractivity contribution in [3.05, 3.63) is 48.3 Å². The first-order valence-corrected chi connectivity index (χ1v) is 7.64. The smallest absolute Gasteiger partial charge is 0.138 e. The minimum absolute atomic E-state index is 0.387. The van der Waals surface area contributed by atoms with Crippen molar-refractivity contribution in [1.82, 2.24) is 10.3 Å². The molecule has 0 aliphatic rings. The van der Waals surface area contributed by atoms with Crippen LogP contribution in [0, 0.1) is 0 Å². The highest BCUT2D eigenvalue weighted by atomic mass is 16.5. The number of pyridine rings is 1. The molecule has 0 bridgehead atoms. The largest absolute Gasteiger partial charge is 0.492 e. The molecule has 1 unspecified atom stereocenters. The van der Waals surface area contributed by atoms with Gasteiger partial charge >= 0.3 is 0 Å². The van der Waals surface area contributed by atoms with Crippen molar-refractivity contribution in [1.29, 1.82) is 0 Å². The number of nitrogens with zero attached hydrogens (tertiary/aromatic N) is 1. The van der Waals surface area contributed by atoms with E-state index in [-0.39, 0.29) is 0 Å². The van der Waals surface area contributed by atoms with Crippen LogP contribution >= 0.6 is 0 Å². The molecule has 1 aromatic heterocycles. The highest BCUT2D eigenvalue weighted by Gasteiger charge is 2.08. The van der Waals surface area contributed by atoms with Crippen LogP contribution in [0.15, 0.2) is 42.7 Å². The molecule has 2 aromatic rings. The summed E-state index contributed by atoms with van der Waals surface area (Å²) < 4.78 is 5.66. The van der Waals surface area contributed by atoms with E-state index in [0.717, 1.165) is 30.8 Å². The SMILES string of the molecule is CCCOc1cncc(-c2cccc(C(CC)NC)c2)c1. The number of hydrogen-bond acceptors (Lipinski definition) is 3. The minimum Gasteiger partial charge on any atom is -0.492 e. The zero-order valence-electron chi connectivity index (χ0n) is 13.1. The Balaban J connectivity index is 2.27. The van der Waals surface area contributed by atoms with E-state index in [9.17, 15) is 0 Å². The van der Waals surface area contributed by atoms with Crippen LogP contribution in [-0.2, 0) is 0 Å². The lowest BCUT2D eigenvalue weighted by atomic mass is 9.99. The van der Waals surface area contributed by atoms with Gasteiger partial charge in [-0.3, -0.25) is 4.98 Å². The van der Waals surface area contributed by atoms with E-state index < -0.39 is 0 Å². The summed E-state index contributed by atoms with van der Waals surface area (Å²) in [4.78, 5) is 4.29. The summed E-state index contributed by atoms with van der Waals surface area (Å²) in [5.41, 5.74) is 3.57. The van der Waals surface area contributed by atoms with Gasteiger partial charge in [0, 0.05) is 17.8 Å². The van der Waals surface area contributed by atoms with Gasteiger partial charge in [-0.1, -0.05) is 32.0 Å². The van der Waals surface area contributed by atoms with Gasteiger partial charge in [-0.05, 0) is 43.1 Å². The molecule has 0 radical (unpaired) electrons.